The van der Waals surface area contributed by atoms with Crippen LogP contribution in [0.25, 0.3) is 0 Å². The molecular formula is C12H14N4O. The Morgan fingerprint density at radius 3 is 2.82 bits per heavy atom. The molecule has 0 bridgehead atoms. The number of nitrogens with zero attached hydrogens (tertiary/aromatic N) is 3. The van der Waals surface area contributed by atoms with Gasteiger partial charge in [0.05, 0.1) is 5.69 Å². The zero-order valence-corrected chi connectivity index (χ0v) is 9.54. The summed E-state index contributed by atoms with van der Waals surface area (Å²) in [4.78, 5) is 12.1. The van der Waals surface area contributed by atoms with Crippen molar-refractivity contribution in [3.63, 3.8) is 0 Å². The number of aryl methyl sites for hydroxylation is 1. The van der Waals surface area contributed by atoms with Crippen molar-refractivity contribution in [3.05, 3.63) is 47.7 Å². The summed E-state index contributed by atoms with van der Waals surface area (Å²) in [5.74, 6) is 1.08. The smallest absolute Gasteiger partial charge is 0.126 e. The molecule has 0 saturated carbocycles. The van der Waals surface area contributed by atoms with Crippen molar-refractivity contribution < 1.29 is 5.11 Å². The fourth-order valence-corrected chi connectivity index (χ4v) is 1.60. The van der Waals surface area contributed by atoms with Crippen LogP contribution in [-0.2, 0) is 6.42 Å². The van der Waals surface area contributed by atoms with Crippen LogP contribution in [0.1, 0.15) is 23.2 Å². The van der Waals surface area contributed by atoms with E-state index in [4.69, 9.17) is 5.73 Å². The predicted octanol–water partition coefficient (Wildman–Crippen LogP) is 1.04. The van der Waals surface area contributed by atoms with Crippen molar-refractivity contribution in [1.29, 1.82) is 0 Å². The van der Waals surface area contributed by atoms with Crippen molar-refractivity contribution in [2.45, 2.75) is 19.4 Å². The molecule has 0 spiro atoms. The van der Waals surface area contributed by atoms with Crippen molar-refractivity contribution in [2.24, 2.45) is 0 Å². The lowest BCUT2D eigenvalue weighted by molar-refractivity contribution is 0.173. The van der Waals surface area contributed by atoms with Gasteiger partial charge in [-0.15, -0.1) is 0 Å². The highest BCUT2D eigenvalue weighted by atomic mass is 16.3. The normalized spacial score (nSPS) is 12.4. The summed E-state index contributed by atoms with van der Waals surface area (Å²) in [6.45, 7) is 1.79. The van der Waals surface area contributed by atoms with Gasteiger partial charge < -0.3 is 10.8 Å². The Morgan fingerprint density at radius 2 is 2.12 bits per heavy atom. The standard InChI is InChI=1S/C12H14N4O/c1-8-14-6-4-10(16-8)11(17)7-9-3-2-5-15-12(9)13/h2-6,11,17H,7H2,1H3,(H2,13,15). The number of aromatic nitrogens is 3. The largest absolute Gasteiger partial charge is 0.386 e. The monoisotopic (exact) mass is 230 g/mol. The third-order valence-corrected chi connectivity index (χ3v) is 2.48. The zero-order valence-electron chi connectivity index (χ0n) is 9.54. The van der Waals surface area contributed by atoms with E-state index in [9.17, 15) is 5.11 Å². The number of aliphatic hydroxyl groups excluding tert-OH is 1. The molecule has 88 valence electrons. The average molecular weight is 230 g/mol. The van der Waals surface area contributed by atoms with Gasteiger partial charge in [0.1, 0.15) is 17.7 Å². The van der Waals surface area contributed by atoms with Gasteiger partial charge in [-0.25, -0.2) is 15.0 Å². The number of rotatable bonds is 3. The second-order valence-electron chi connectivity index (χ2n) is 3.80. The Bertz CT molecular complexity index is 515. The van der Waals surface area contributed by atoms with Crippen LogP contribution in [0.3, 0.4) is 0 Å². The van der Waals surface area contributed by atoms with Gasteiger partial charge in [0.25, 0.3) is 0 Å². The second kappa shape index (κ2) is 4.88. The summed E-state index contributed by atoms with van der Waals surface area (Å²) in [6.07, 6.45) is 2.96. The molecule has 0 amide bonds. The average Bonchev–Trinajstić information content (AvgIpc) is 2.32. The fraction of sp³-hybridized carbons (Fsp3) is 0.250. The highest BCUT2D eigenvalue weighted by Crippen LogP contribution is 2.18. The summed E-state index contributed by atoms with van der Waals surface area (Å²) in [7, 11) is 0. The molecule has 0 fully saturated rings. The van der Waals surface area contributed by atoms with Gasteiger partial charge in [0, 0.05) is 18.8 Å². The quantitative estimate of drug-likeness (QED) is 0.822. The highest BCUT2D eigenvalue weighted by Gasteiger charge is 2.12. The maximum Gasteiger partial charge on any atom is 0.126 e. The molecule has 0 radical (unpaired) electrons. The van der Waals surface area contributed by atoms with Crippen LogP contribution in [-0.4, -0.2) is 20.1 Å². The van der Waals surface area contributed by atoms with Crippen molar-refractivity contribution in [1.82, 2.24) is 15.0 Å². The van der Waals surface area contributed by atoms with Crippen LogP contribution in [0.5, 0.6) is 0 Å². The van der Waals surface area contributed by atoms with E-state index >= 15 is 0 Å². The lowest BCUT2D eigenvalue weighted by atomic mass is 10.1. The molecule has 0 saturated heterocycles. The summed E-state index contributed by atoms with van der Waals surface area (Å²) in [5, 5.41) is 10.0. The summed E-state index contributed by atoms with van der Waals surface area (Å²) >= 11 is 0. The number of anilines is 1. The SMILES string of the molecule is Cc1nccc(C(O)Cc2cccnc2N)n1. The molecule has 0 aliphatic carbocycles. The van der Waals surface area contributed by atoms with E-state index in [0.29, 0.717) is 23.8 Å². The second-order valence-corrected chi connectivity index (χ2v) is 3.80. The van der Waals surface area contributed by atoms with Crippen molar-refractivity contribution >= 4 is 5.82 Å². The molecule has 17 heavy (non-hydrogen) atoms. The maximum atomic E-state index is 10.0. The minimum Gasteiger partial charge on any atom is -0.386 e. The molecule has 0 aromatic carbocycles. The van der Waals surface area contributed by atoms with Crippen molar-refractivity contribution in [3.8, 4) is 0 Å². The van der Waals surface area contributed by atoms with Gasteiger partial charge in [-0.2, -0.15) is 0 Å². The van der Waals surface area contributed by atoms with Crippen molar-refractivity contribution in [2.75, 3.05) is 5.73 Å². The van der Waals surface area contributed by atoms with Crippen LogP contribution in [0.15, 0.2) is 30.6 Å². The summed E-state index contributed by atoms with van der Waals surface area (Å²) in [5.41, 5.74) is 7.14. The van der Waals surface area contributed by atoms with Crippen LogP contribution >= 0.6 is 0 Å². The predicted molar refractivity (Wildman–Crippen MR) is 64.1 cm³/mol. The Labute approximate surface area is 99.4 Å². The van der Waals surface area contributed by atoms with E-state index in [-0.39, 0.29) is 0 Å². The molecule has 0 aliphatic heterocycles. The van der Waals surface area contributed by atoms with E-state index in [1.165, 1.54) is 0 Å². The Balaban J connectivity index is 2.17. The van der Waals surface area contributed by atoms with Gasteiger partial charge in [0.15, 0.2) is 0 Å². The molecule has 0 aliphatic rings. The fourth-order valence-electron chi connectivity index (χ4n) is 1.60. The highest BCUT2D eigenvalue weighted by molar-refractivity contribution is 5.39. The first-order chi connectivity index (χ1) is 8.16. The number of hydrogen-bond donors (Lipinski definition) is 2. The molecule has 5 nitrogen and oxygen atoms in total. The first-order valence-corrected chi connectivity index (χ1v) is 5.34. The van der Waals surface area contributed by atoms with Gasteiger partial charge in [0.2, 0.25) is 0 Å². The van der Waals surface area contributed by atoms with Crippen LogP contribution in [0.4, 0.5) is 5.82 Å². The zero-order chi connectivity index (χ0) is 12.3. The van der Waals surface area contributed by atoms with Gasteiger partial charge >= 0.3 is 0 Å². The summed E-state index contributed by atoms with van der Waals surface area (Å²) in [6, 6.07) is 5.34. The molecule has 5 heteroatoms. The third kappa shape index (κ3) is 2.76. The molecule has 2 aromatic rings. The minimum atomic E-state index is -0.691. The Hall–Kier alpha value is -2.01. The third-order valence-electron chi connectivity index (χ3n) is 2.48. The molecule has 1 atom stereocenters. The number of pyridine rings is 1. The van der Waals surface area contributed by atoms with E-state index in [0.717, 1.165) is 5.56 Å². The first-order valence-electron chi connectivity index (χ1n) is 5.34. The minimum absolute atomic E-state index is 0.399. The number of nitrogen functional groups attached to an aromatic ring is 1. The lowest BCUT2D eigenvalue weighted by Gasteiger charge is -2.11. The Morgan fingerprint density at radius 1 is 1.29 bits per heavy atom. The van der Waals surface area contributed by atoms with Gasteiger partial charge in [-0.3, -0.25) is 0 Å². The Kier molecular flexibility index (Phi) is 3.30. The molecule has 2 aromatic heterocycles. The first kappa shape index (κ1) is 11.5. The van der Waals surface area contributed by atoms with Crippen LogP contribution in [0, 0.1) is 6.92 Å². The molecule has 3 N–H and O–H groups in total. The molecular weight excluding hydrogens is 216 g/mol. The summed E-state index contributed by atoms with van der Waals surface area (Å²) < 4.78 is 0. The number of hydrogen-bond acceptors (Lipinski definition) is 5. The maximum absolute atomic E-state index is 10.0. The topological polar surface area (TPSA) is 84.9 Å². The molecule has 2 rings (SSSR count). The van der Waals surface area contributed by atoms with E-state index in [1.807, 2.05) is 6.07 Å². The van der Waals surface area contributed by atoms with E-state index < -0.39 is 6.10 Å². The lowest BCUT2D eigenvalue weighted by Crippen LogP contribution is -2.08. The molecule has 2 heterocycles. The van der Waals surface area contributed by atoms with Crippen LogP contribution < -0.4 is 5.73 Å². The van der Waals surface area contributed by atoms with Gasteiger partial charge in [-0.05, 0) is 24.6 Å². The van der Waals surface area contributed by atoms with Gasteiger partial charge in [-0.1, -0.05) is 6.07 Å². The van der Waals surface area contributed by atoms with Crippen LogP contribution in [0.2, 0.25) is 0 Å². The van der Waals surface area contributed by atoms with E-state index in [1.54, 1.807) is 31.5 Å². The molecule has 1 unspecified atom stereocenters. The van der Waals surface area contributed by atoms with E-state index in [2.05, 4.69) is 15.0 Å². The number of aliphatic hydroxyl groups is 1. The number of nitrogens with two attached hydrogens (primary N) is 1.